The number of nitrogens with one attached hydrogen (secondary N) is 2. The molecule has 8 heteroatoms. The number of methoxy groups -OCH3 is 1. The topological polar surface area (TPSA) is 93.2 Å². The molecule has 1 aliphatic heterocycles. The van der Waals surface area contributed by atoms with Crippen LogP contribution in [0.1, 0.15) is 44.6 Å². The van der Waals surface area contributed by atoms with Gasteiger partial charge in [0.05, 0.1) is 7.11 Å². The fourth-order valence-electron chi connectivity index (χ4n) is 2.58. The number of hydrogen-bond donors (Lipinski definition) is 2. The van der Waals surface area contributed by atoms with Gasteiger partial charge in [0, 0.05) is 11.1 Å². The van der Waals surface area contributed by atoms with Crippen LogP contribution in [0.15, 0.2) is 24.4 Å². The lowest BCUT2D eigenvalue weighted by atomic mass is 9.97. The van der Waals surface area contributed by atoms with E-state index in [4.69, 9.17) is 0 Å². The molecule has 0 spiro atoms. The number of anilines is 1. The molecule has 0 bridgehead atoms. The molecule has 7 nitrogen and oxygen atoms in total. The summed E-state index contributed by atoms with van der Waals surface area (Å²) in [5.74, 6) is -0.478. The highest BCUT2D eigenvalue weighted by atomic mass is 32.1. The van der Waals surface area contributed by atoms with E-state index in [-0.39, 0.29) is 11.4 Å². The molecule has 0 aliphatic carbocycles. The van der Waals surface area contributed by atoms with Crippen molar-refractivity contribution in [2.75, 3.05) is 25.5 Å². The summed E-state index contributed by atoms with van der Waals surface area (Å²) in [5, 5.41) is 6.61. The third kappa shape index (κ3) is 3.77. The predicted octanol–water partition coefficient (Wildman–Crippen LogP) is 2.04. The molecule has 1 saturated heterocycles. The minimum atomic E-state index is -0.577. The van der Waals surface area contributed by atoms with E-state index in [2.05, 4.69) is 25.3 Å². The molecule has 0 unspecified atom stereocenters. The maximum atomic E-state index is 12.3. The number of pyridine rings is 1. The number of rotatable bonds is 4. The summed E-state index contributed by atoms with van der Waals surface area (Å²) in [6.45, 7) is 2.02. The Morgan fingerprint density at radius 2 is 2.04 bits per heavy atom. The number of hydrogen-bond acceptors (Lipinski definition) is 7. The smallest absolute Gasteiger partial charge is 0.356 e. The van der Waals surface area contributed by atoms with E-state index in [0.29, 0.717) is 11.0 Å². The van der Waals surface area contributed by atoms with Crippen molar-refractivity contribution in [3.63, 3.8) is 0 Å². The highest BCUT2D eigenvalue weighted by molar-refractivity contribution is 7.15. The second-order valence-electron chi connectivity index (χ2n) is 5.45. The summed E-state index contributed by atoms with van der Waals surface area (Å²) in [5.41, 5.74) is 0.246. The quantitative estimate of drug-likeness (QED) is 0.823. The second-order valence-corrected chi connectivity index (χ2v) is 6.51. The van der Waals surface area contributed by atoms with Crippen LogP contribution in [0.2, 0.25) is 0 Å². The third-order valence-corrected chi connectivity index (χ3v) is 4.94. The molecule has 2 aromatic rings. The predicted molar refractivity (Wildman–Crippen MR) is 90.5 cm³/mol. The van der Waals surface area contributed by atoms with Crippen molar-refractivity contribution >= 4 is 28.3 Å². The Morgan fingerprint density at radius 3 is 2.79 bits per heavy atom. The summed E-state index contributed by atoms with van der Waals surface area (Å²) in [6, 6.07) is 4.64. The van der Waals surface area contributed by atoms with Crippen LogP contribution in [0.4, 0.5) is 5.13 Å². The molecular formula is C16H18N4O3S. The first-order valence-corrected chi connectivity index (χ1v) is 8.52. The number of piperidine rings is 1. The number of thiazole rings is 1. The number of aromatic nitrogens is 2. The lowest BCUT2D eigenvalue weighted by Gasteiger charge is -2.20. The van der Waals surface area contributed by atoms with Crippen LogP contribution in [-0.2, 0) is 4.74 Å². The van der Waals surface area contributed by atoms with E-state index in [1.807, 2.05) is 6.20 Å². The third-order valence-electron chi connectivity index (χ3n) is 3.86. The van der Waals surface area contributed by atoms with Gasteiger partial charge in [-0.05, 0) is 44.0 Å². The van der Waals surface area contributed by atoms with E-state index in [0.717, 1.165) is 25.9 Å². The first-order valence-electron chi connectivity index (χ1n) is 7.70. The second kappa shape index (κ2) is 7.50. The van der Waals surface area contributed by atoms with E-state index in [9.17, 15) is 9.59 Å². The lowest BCUT2D eigenvalue weighted by Crippen LogP contribution is -2.26. The van der Waals surface area contributed by atoms with Crippen LogP contribution in [-0.4, -0.2) is 42.0 Å². The van der Waals surface area contributed by atoms with Crippen molar-refractivity contribution in [3.8, 4) is 0 Å². The zero-order valence-electron chi connectivity index (χ0n) is 13.2. The average molecular weight is 346 g/mol. The Bertz CT molecular complexity index is 740. The molecule has 3 rings (SSSR count). The van der Waals surface area contributed by atoms with Gasteiger partial charge >= 0.3 is 5.97 Å². The fourth-order valence-corrected chi connectivity index (χ4v) is 3.56. The summed E-state index contributed by atoms with van der Waals surface area (Å²) in [6.07, 6.45) is 3.99. The highest BCUT2D eigenvalue weighted by Gasteiger charge is 2.19. The molecule has 1 amide bonds. The van der Waals surface area contributed by atoms with Gasteiger partial charge in [0.25, 0.3) is 5.91 Å². The summed E-state index contributed by atoms with van der Waals surface area (Å²) in [7, 11) is 1.27. The molecule has 0 saturated carbocycles. The molecular weight excluding hydrogens is 328 g/mol. The Labute approximate surface area is 143 Å². The van der Waals surface area contributed by atoms with Crippen LogP contribution in [0.5, 0.6) is 0 Å². The zero-order chi connectivity index (χ0) is 16.9. The van der Waals surface area contributed by atoms with Crippen LogP contribution < -0.4 is 10.6 Å². The molecule has 24 heavy (non-hydrogen) atoms. The first-order chi connectivity index (χ1) is 11.7. The van der Waals surface area contributed by atoms with Gasteiger partial charge in [-0.1, -0.05) is 6.07 Å². The van der Waals surface area contributed by atoms with Crippen molar-refractivity contribution < 1.29 is 14.3 Å². The minimum absolute atomic E-state index is 0.0969. The Kier molecular flexibility index (Phi) is 5.17. The van der Waals surface area contributed by atoms with Crippen LogP contribution >= 0.6 is 11.3 Å². The van der Waals surface area contributed by atoms with Gasteiger partial charge in [0.15, 0.2) is 5.13 Å². The van der Waals surface area contributed by atoms with Crippen LogP contribution in [0.25, 0.3) is 0 Å². The normalized spacial score (nSPS) is 15.0. The molecule has 3 heterocycles. The van der Waals surface area contributed by atoms with Gasteiger partial charge < -0.3 is 10.1 Å². The van der Waals surface area contributed by atoms with Crippen molar-refractivity contribution in [1.29, 1.82) is 0 Å². The summed E-state index contributed by atoms with van der Waals surface area (Å²) in [4.78, 5) is 33.3. The summed E-state index contributed by atoms with van der Waals surface area (Å²) >= 11 is 1.49. The minimum Gasteiger partial charge on any atom is -0.464 e. The fraction of sp³-hybridized carbons (Fsp3) is 0.375. The largest absolute Gasteiger partial charge is 0.464 e. The Hall–Kier alpha value is -2.32. The Balaban J connectivity index is 1.68. The van der Waals surface area contributed by atoms with Gasteiger partial charge in [0.2, 0.25) is 0 Å². The van der Waals surface area contributed by atoms with Gasteiger partial charge in [-0.3, -0.25) is 10.1 Å². The maximum Gasteiger partial charge on any atom is 0.356 e. The molecule has 126 valence electrons. The highest BCUT2D eigenvalue weighted by Crippen LogP contribution is 2.31. The van der Waals surface area contributed by atoms with E-state index >= 15 is 0 Å². The van der Waals surface area contributed by atoms with Crippen LogP contribution in [0.3, 0.4) is 0 Å². The molecule has 0 aromatic carbocycles. The van der Waals surface area contributed by atoms with Crippen molar-refractivity contribution in [1.82, 2.24) is 15.3 Å². The SMILES string of the molecule is COC(=O)c1cccc(C(=O)Nc2ncc(C3CCNCC3)s2)n1. The molecule has 2 aromatic heterocycles. The molecule has 1 aliphatic rings. The van der Waals surface area contributed by atoms with E-state index in [1.165, 1.54) is 29.4 Å². The Morgan fingerprint density at radius 1 is 1.29 bits per heavy atom. The van der Waals surface area contributed by atoms with E-state index in [1.54, 1.807) is 12.1 Å². The zero-order valence-corrected chi connectivity index (χ0v) is 14.1. The van der Waals surface area contributed by atoms with Gasteiger partial charge in [-0.2, -0.15) is 0 Å². The number of amides is 1. The van der Waals surface area contributed by atoms with Crippen molar-refractivity contribution in [2.45, 2.75) is 18.8 Å². The molecule has 2 N–H and O–H groups in total. The molecule has 0 atom stereocenters. The monoisotopic (exact) mass is 346 g/mol. The van der Waals surface area contributed by atoms with Gasteiger partial charge in [0.1, 0.15) is 11.4 Å². The lowest BCUT2D eigenvalue weighted by molar-refractivity contribution is 0.0594. The van der Waals surface area contributed by atoms with Crippen molar-refractivity contribution in [2.24, 2.45) is 0 Å². The average Bonchev–Trinajstić information content (AvgIpc) is 3.10. The molecule has 0 radical (unpaired) electrons. The number of carbonyl (C=O) groups is 2. The van der Waals surface area contributed by atoms with Crippen molar-refractivity contribution in [3.05, 3.63) is 40.7 Å². The first kappa shape index (κ1) is 16.5. The molecule has 1 fully saturated rings. The van der Waals surface area contributed by atoms with Gasteiger partial charge in [-0.15, -0.1) is 11.3 Å². The van der Waals surface area contributed by atoms with Crippen LogP contribution in [0, 0.1) is 0 Å². The maximum absolute atomic E-state index is 12.3. The van der Waals surface area contributed by atoms with E-state index < -0.39 is 11.9 Å². The number of ether oxygens (including phenoxy) is 1. The number of carbonyl (C=O) groups excluding carboxylic acids is 2. The number of nitrogens with zero attached hydrogens (tertiary/aromatic N) is 2. The summed E-state index contributed by atoms with van der Waals surface area (Å²) < 4.78 is 4.61. The standard InChI is InChI=1S/C16H18N4O3S/c1-23-15(22)12-4-2-3-11(19-12)14(21)20-16-18-9-13(24-16)10-5-7-17-8-6-10/h2-4,9-10,17H,5-8H2,1H3,(H,18,20,21). The number of esters is 1. The van der Waals surface area contributed by atoms with Gasteiger partial charge in [-0.25, -0.2) is 14.8 Å².